The maximum Gasteiger partial charge on any atom is 0.256 e. The van der Waals surface area contributed by atoms with Gasteiger partial charge >= 0.3 is 0 Å². The number of hydrogen-bond donors (Lipinski definition) is 3. The van der Waals surface area contributed by atoms with Crippen molar-refractivity contribution in [2.75, 3.05) is 13.6 Å². The first-order valence-corrected chi connectivity index (χ1v) is 5.22. The molecule has 1 heterocycles. The van der Waals surface area contributed by atoms with Crippen LogP contribution in [0.1, 0.15) is 22.5 Å². The van der Waals surface area contributed by atoms with Crippen molar-refractivity contribution in [1.29, 1.82) is 0 Å². The molecule has 6 nitrogen and oxygen atoms in total. The number of rotatable bonds is 4. The highest BCUT2D eigenvalue weighted by molar-refractivity contribution is 5.94. The van der Waals surface area contributed by atoms with Crippen molar-refractivity contribution in [1.82, 2.24) is 15.6 Å². The maximum absolute atomic E-state index is 11.6. The maximum atomic E-state index is 11.6. The summed E-state index contributed by atoms with van der Waals surface area (Å²) in [7, 11) is 1.52. The van der Waals surface area contributed by atoms with Crippen molar-refractivity contribution in [3.63, 3.8) is 0 Å². The third kappa shape index (κ3) is 3.75. The molecule has 0 aliphatic carbocycles. The van der Waals surface area contributed by atoms with Crippen LogP contribution in [0.15, 0.2) is 17.1 Å². The lowest BCUT2D eigenvalue weighted by atomic mass is 10.2. The van der Waals surface area contributed by atoms with E-state index in [0.29, 0.717) is 5.69 Å². The highest BCUT2D eigenvalue weighted by Crippen LogP contribution is 1.92. The molecule has 0 saturated heterocycles. The minimum atomic E-state index is -0.477. The number of H-pyrrole nitrogens is 1. The minimum absolute atomic E-state index is 0.0486. The lowest BCUT2D eigenvalue weighted by molar-refractivity contribution is -0.120. The number of carbonyl (C=O) groups is 2. The zero-order chi connectivity index (χ0) is 12.8. The average molecular weight is 237 g/mol. The highest BCUT2D eigenvalue weighted by Gasteiger charge is 2.09. The molecule has 0 aromatic carbocycles. The van der Waals surface area contributed by atoms with E-state index in [1.54, 1.807) is 6.92 Å². The van der Waals surface area contributed by atoms with Gasteiger partial charge in [-0.1, -0.05) is 0 Å². The van der Waals surface area contributed by atoms with Crippen LogP contribution in [0.5, 0.6) is 0 Å². The number of aryl methyl sites for hydroxylation is 1. The summed E-state index contributed by atoms with van der Waals surface area (Å²) in [5.74, 6) is -0.640. The van der Waals surface area contributed by atoms with Crippen LogP contribution in [0.25, 0.3) is 0 Å². The second kappa shape index (κ2) is 5.83. The van der Waals surface area contributed by atoms with Gasteiger partial charge in [-0.05, 0) is 6.92 Å². The standard InChI is InChI=1S/C11H15N3O3/c1-7-5-9(15)8(6-14-7)11(17)13-4-3-10(16)12-2/h5-6H,3-4H2,1-2H3,(H,12,16)(H,13,17)(H,14,15). The number of aromatic amines is 1. The molecule has 6 heteroatoms. The van der Waals surface area contributed by atoms with E-state index in [2.05, 4.69) is 15.6 Å². The zero-order valence-electron chi connectivity index (χ0n) is 9.79. The summed E-state index contributed by atoms with van der Waals surface area (Å²) in [6, 6.07) is 1.35. The quantitative estimate of drug-likeness (QED) is 0.662. The number of amides is 2. The minimum Gasteiger partial charge on any atom is -0.364 e. The number of pyridine rings is 1. The summed E-state index contributed by atoms with van der Waals surface area (Å²) in [6.45, 7) is 1.93. The molecule has 92 valence electrons. The molecule has 0 saturated carbocycles. The van der Waals surface area contributed by atoms with Gasteiger partial charge in [0.1, 0.15) is 5.56 Å². The van der Waals surface area contributed by atoms with Gasteiger partial charge in [0.05, 0.1) is 0 Å². The summed E-state index contributed by atoms with van der Waals surface area (Å²) in [4.78, 5) is 36.8. The third-order valence-corrected chi connectivity index (χ3v) is 2.22. The molecule has 1 aromatic heterocycles. The first-order valence-electron chi connectivity index (χ1n) is 5.22. The van der Waals surface area contributed by atoms with E-state index in [-0.39, 0.29) is 29.9 Å². The van der Waals surface area contributed by atoms with Crippen LogP contribution >= 0.6 is 0 Å². The molecule has 17 heavy (non-hydrogen) atoms. The van der Waals surface area contributed by atoms with E-state index in [9.17, 15) is 14.4 Å². The largest absolute Gasteiger partial charge is 0.364 e. The monoisotopic (exact) mass is 237 g/mol. The molecule has 3 N–H and O–H groups in total. The van der Waals surface area contributed by atoms with Gasteiger partial charge in [0.2, 0.25) is 5.91 Å². The average Bonchev–Trinajstić information content (AvgIpc) is 2.28. The van der Waals surface area contributed by atoms with Crippen LogP contribution in [-0.4, -0.2) is 30.4 Å². The zero-order valence-corrected chi connectivity index (χ0v) is 9.79. The van der Waals surface area contributed by atoms with Crippen LogP contribution in [-0.2, 0) is 4.79 Å². The normalized spacial score (nSPS) is 9.76. The van der Waals surface area contributed by atoms with Gasteiger partial charge in [0.25, 0.3) is 5.91 Å². The molecule has 0 aliphatic rings. The Morgan fingerprint density at radius 1 is 1.41 bits per heavy atom. The molecule has 1 aromatic rings. The molecule has 0 bridgehead atoms. The predicted molar refractivity (Wildman–Crippen MR) is 62.8 cm³/mol. The Morgan fingerprint density at radius 2 is 2.12 bits per heavy atom. The molecular weight excluding hydrogens is 222 g/mol. The second-order valence-electron chi connectivity index (χ2n) is 3.57. The van der Waals surface area contributed by atoms with E-state index in [1.807, 2.05) is 0 Å². The van der Waals surface area contributed by atoms with Crippen LogP contribution in [0.2, 0.25) is 0 Å². The fourth-order valence-electron chi connectivity index (χ4n) is 1.26. The van der Waals surface area contributed by atoms with E-state index in [0.717, 1.165) is 0 Å². The molecule has 0 radical (unpaired) electrons. The van der Waals surface area contributed by atoms with Crippen LogP contribution in [0.4, 0.5) is 0 Å². The van der Waals surface area contributed by atoms with E-state index in [1.165, 1.54) is 19.3 Å². The highest BCUT2D eigenvalue weighted by atomic mass is 16.2. The van der Waals surface area contributed by atoms with Gasteiger partial charge in [-0.15, -0.1) is 0 Å². The van der Waals surface area contributed by atoms with Crippen molar-refractivity contribution in [3.8, 4) is 0 Å². The van der Waals surface area contributed by atoms with Crippen molar-refractivity contribution < 1.29 is 9.59 Å². The van der Waals surface area contributed by atoms with Gasteiger partial charge < -0.3 is 15.6 Å². The van der Waals surface area contributed by atoms with Crippen molar-refractivity contribution in [2.24, 2.45) is 0 Å². The van der Waals surface area contributed by atoms with Gasteiger partial charge in [-0.3, -0.25) is 14.4 Å². The third-order valence-electron chi connectivity index (χ3n) is 2.22. The molecule has 0 unspecified atom stereocenters. The number of carbonyl (C=O) groups excluding carboxylic acids is 2. The summed E-state index contributed by atoms with van der Waals surface area (Å²) >= 11 is 0. The fraction of sp³-hybridized carbons (Fsp3) is 0.364. The molecular formula is C11H15N3O3. The van der Waals surface area contributed by atoms with Crippen molar-refractivity contribution in [2.45, 2.75) is 13.3 Å². The Balaban J connectivity index is 2.59. The SMILES string of the molecule is CNC(=O)CCNC(=O)c1c[nH]c(C)cc1=O. The molecule has 0 spiro atoms. The van der Waals surface area contributed by atoms with E-state index >= 15 is 0 Å². The van der Waals surface area contributed by atoms with Crippen LogP contribution < -0.4 is 16.1 Å². The van der Waals surface area contributed by atoms with Gasteiger partial charge in [0, 0.05) is 38.0 Å². The van der Waals surface area contributed by atoms with Gasteiger partial charge in [-0.25, -0.2) is 0 Å². The van der Waals surface area contributed by atoms with Crippen molar-refractivity contribution >= 4 is 11.8 Å². The lowest BCUT2D eigenvalue weighted by Gasteiger charge is -2.04. The number of aromatic nitrogens is 1. The Kier molecular flexibility index (Phi) is 4.45. The predicted octanol–water partition coefficient (Wildman–Crippen LogP) is -0.451. The smallest absolute Gasteiger partial charge is 0.256 e. The Labute approximate surface area is 98.4 Å². The molecule has 0 atom stereocenters. The van der Waals surface area contributed by atoms with Crippen molar-refractivity contribution in [3.05, 3.63) is 33.7 Å². The Hall–Kier alpha value is -2.11. The topological polar surface area (TPSA) is 91.1 Å². The lowest BCUT2D eigenvalue weighted by Crippen LogP contribution is -2.32. The molecule has 2 amide bonds. The Bertz CT molecular complexity index is 479. The number of nitrogens with one attached hydrogen (secondary N) is 3. The van der Waals surface area contributed by atoms with E-state index in [4.69, 9.17) is 0 Å². The molecule has 1 rings (SSSR count). The fourth-order valence-corrected chi connectivity index (χ4v) is 1.26. The number of hydrogen-bond acceptors (Lipinski definition) is 3. The van der Waals surface area contributed by atoms with Gasteiger partial charge in [-0.2, -0.15) is 0 Å². The Morgan fingerprint density at radius 3 is 2.71 bits per heavy atom. The van der Waals surface area contributed by atoms with Crippen LogP contribution in [0, 0.1) is 6.92 Å². The summed E-state index contributed by atoms with van der Waals surface area (Å²) in [5.41, 5.74) is 0.406. The van der Waals surface area contributed by atoms with E-state index < -0.39 is 5.91 Å². The summed E-state index contributed by atoms with van der Waals surface area (Å²) < 4.78 is 0. The summed E-state index contributed by atoms with van der Waals surface area (Å²) in [5, 5.41) is 4.94. The molecule has 0 fully saturated rings. The first kappa shape index (κ1) is 13.0. The molecule has 0 aliphatic heterocycles. The van der Waals surface area contributed by atoms with Crippen LogP contribution in [0.3, 0.4) is 0 Å². The first-order chi connectivity index (χ1) is 8.04. The van der Waals surface area contributed by atoms with Gasteiger partial charge in [0.15, 0.2) is 5.43 Å². The summed E-state index contributed by atoms with van der Waals surface area (Å²) in [6.07, 6.45) is 1.55. The second-order valence-corrected chi connectivity index (χ2v) is 3.57.